The number of hydrogen-bond acceptors (Lipinski definition) is 34. The number of methoxy groups -OCH3 is 1. The molecule has 12 bridgehead atoms. The van der Waals surface area contributed by atoms with Gasteiger partial charge in [0.05, 0.1) is 62.9 Å². The average molecular weight is 1610 g/mol. The summed E-state index contributed by atoms with van der Waals surface area (Å²) in [6.07, 6.45) is -7.60. The minimum atomic E-state index is -1.93. The molecule has 6 amide bonds. The first kappa shape index (κ1) is 78.7. The number of aliphatic hydroxyl groups is 3. The van der Waals surface area contributed by atoms with Crippen molar-refractivity contribution in [2.75, 3.05) is 86.9 Å². The molecule has 7 aromatic heterocycles. The van der Waals surface area contributed by atoms with E-state index >= 15 is 19.2 Å². The van der Waals surface area contributed by atoms with Crippen LogP contribution in [0.15, 0.2) is 56.9 Å². The van der Waals surface area contributed by atoms with Crippen molar-refractivity contribution in [3.8, 4) is 38.4 Å². The fourth-order valence-electron chi connectivity index (χ4n) is 13.7. The van der Waals surface area contributed by atoms with E-state index in [1.807, 2.05) is 4.90 Å². The second kappa shape index (κ2) is 33.2. The standard InChI is InChI=1S/C69H78N16O20S5/c1-30(87)47-61(94)80-48(31(2)99-7)64-75-42(29-108-64)60(93)81-51-53-54(105-45-20-69(4,97)55(82(5)6)32(3)104-45)68(96)102-22-33-9-8-10-43-46(33)35(23-101-53)52(85(43)98)67(95)103-24-37(72-58(91)40-28-110-66(51)77-40)63-73-38(25-107-63)49-34(62-74-41(26-106-62)59(92)79-47)19-44(88)50(78-49)65-76-39(27-109-65)57(90)71-36(56(70)89)21-84-13-11-83(12-14-84)15-17-100-18-16-86/h8-10,19,25-30,32,36-37,45,47,51,53-55,86-88,97-98H,11-18,20-24H2,1-7H3,(H2,70,89)(H,71,90)(H,72,91)(H,79,92)(H,80,94)(H,81,93)/b48-31+/t30-,32+,36?,37+,45+,47+,51+,53+,54+,55-,69+/m1/s1. The molecule has 2 saturated heterocycles. The molecule has 0 aliphatic carbocycles. The van der Waals surface area contributed by atoms with Gasteiger partial charge in [0.15, 0.2) is 18.1 Å². The summed E-state index contributed by atoms with van der Waals surface area (Å²) in [5, 5.41) is 77.5. The lowest BCUT2D eigenvalue weighted by molar-refractivity contribution is -0.280. The van der Waals surface area contributed by atoms with E-state index in [4.69, 9.17) is 59.0 Å². The maximum absolute atomic E-state index is 15.3. The van der Waals surface area contributed by atoms with Crippen LogP contribution in [0.4, 0.5) is 0 Å². The number of primary amides is 1. The summed E-state index contributed by atoms with van der Waals surface area (Å²) >= 11 is 4.51. The fraction of sp³-hybridized carbons (Fsp3) is 0.449. The van der Waals surface area contributed by atoms with Crippen LogP contribution in [-0.4, -0.2) is 264 Å². The molecule has 11 atom stereocenters. The van der Waals surface area contributed by atoms with Crippen LogP contribution in [0.5, 0.6) is 5.75 Å². The molecule has 0 spiro atoms. The van der Waals surface area contributed by atoms with Crippen LogP contribution >= 0.6 is 56.7 Å². The number of rotatable bonds is 16. The topological polar surface area (TPSA) is 480 Å². The maximum atomic E-state index is 15.3. The molecule has 0 saturated carbocycles. The van der Waals surface area contributed by atoms with Gasteiger partial charge in [-0.15, -0.1) is 56.7 Å². The number of nitrogens with two attached hydrogens (primary N) is 1. The molecule has 0 radical (unpaired) electrons. The van der Waals surface area contributed by atoms with Gasteiger partial charge in [0.1, 0.15) is 126 Å². The van der Waals surface area contributed by atoms with Crippen molar-refractivity contribution in [3.63, 3.8) is 0 Å². The molecule has 36 nitrogen and oxygen atoms in total. The molecule has 13 rings (SSSR count). The summed E-state index contributed by atoms with van der Waals surface area (Å²) < 4.78 is 43.8. The van der Waals surface area contributed by atoms with Gasteiger partial charge in [-0.05, 0) is 59.5 Å². The van der Waals surface area contributed by atoms with Gasteiger partial charge in [0, 0.05) is 89.1 Å². The van der Waals surface area contributed by atoms with E-state index in [0.29, 0.717) is 49.6 Å². The van der Waals surface area contributed by atoms with E-state index in [0.717, 1.165) is 56.7 Å². The van der Waals surface area contributed by atoms with Crippen LogP contribution in [0.25, 0.3) is 49.3 Å². The van der Waals surface area contributed by atoms with E-state index in [1.165, 1.54) is 60.0 Å². The first-order valence-corrected chi connectivity index (χ1v) is 39.0. The molecular formula is C69H78N16O20S5. The van der Waals surface area contributed by atoms with E-state index in [9.17, 15) is 39.7 Å². The van der Waals surface area contributed by atoms with Crippen molar-refractivity contribution >= 4 is 121 Å². The van der Waals surface area contributed by atoms with Gasteiger partial charge in [-0.3, -0.25) is 38.6 Å². The molecule has 5 aliphatic rings. The first-order valence-electron chi connectivity index (χ1n) is 34.6. The Hall–Kier alpha value is -9.44. The lowest BCUT2D eigenvalue weighted by Crippen LogP contribution is -2.62. The Kier molecular flexibility index (Phi) is 23.8. The molecule has 1 unspecified atom stereocenters. The van der Waals surface area contributed by atoms with Gasteiger partial charge in [-0.1, -0.05) is 12.1 Å². The normalized spacial score (nSPS) is 24.2. The van der Waals surface area contributed by atoms with Gasteiger partial charge >= 0.3 is 11.9 Å². The van der Waals surface area contributed by atoms with Crippen molar-refractivity contribution in [1.82, 2.24) is 75.9 Å². The van der Waals surface area contributed by atoms with E-state index in [-0.39, 0.29) is 125 Å². The zero-order chi connectivity index (χ0) is 78.1. The Labute approximate surface area is 646 Å². The number of aliphatic hydroxyl groups excluding tert-OH is 2. The summed E-state index contributed by atoms with van der Waals surface area (Å²) in [7, 11) is 4.84. The van der Waals surface area contributed by atoms with Crippen LogP contribution in [0, 0.1) is 0 Å². The number of aromatic nitrogens is 7. The molecule has 12 N–H and O–H groups in total. The second-order valence-electron chi connectivity index (χ2n) is 26.9. The van der Waals surface area contributed by atoms with Gasteiger partial charge < -0.3 is 96.0 Å². The predicted molar refractivity (Wildman–Crippen MR) is 395 cm³/mol. The van der Waals surface area contributed by atoms with Crippen molar-refractivity contribution < 1.29 is 97.1 Å². The number of piperazine rings is 1. The largest absolute Gasteiger partial charge is 0.506 e. The highest BCUT2D eigenvalue weighted by Crippen LogP contribution is 2.43. The number of fused-ring (bicyclic) bond motifs is 15. The Morgan fingerprint density at radius 3 is 2.22 bits per heavy atom. The average Bonchev–Trinajstić information content (AvgIpc) is 1.57. The highest BCUT2D eigenvalue weighted by atomic mass is 32.1. The Morgan fingerprint density at radius 1 is 0.827 bits per heavy atom. The number of esters is 2. The third-order valence-corrected chi connectivity index (χ3v) is 23.6. The SMILES string of the molecule is CO/C(C)=C1/NC(=O)[C@H]([C@@H](C)O)NC(=O)c2csc(n2)-c2cc(O)c(-c3nc(C(=O)NC(CN4CCN(CCOCCO)CC4)C(N)=O)cs3)nc2-c2csc(n2)[C@@H]2COC(=O)c3c4c5c(cccc5n3O)COC(=O)[C@@H](O[C@H]3C[C@](C)(O)[C@H](N(C)C)[C@H](C)O3)[C@@H](OC4)[C@H](NC(=O)c3csc1n3)c1nc(cs1)C(=O)N2. The monoisotopic (exact) mass is 1610 g/mol. The number of pyridine rings is 1. The summed E-state index contributed by atoms with van der Waals surface area (Å²) in [5.41, 5.74) is 3.03. The number of cyclic esters (lactones) is 2. The lowest BCUT2D eigenvalue weighted by Gasteiger charge is -2.48. The van der Waals surface area contributed by atoms with Crippen LogP contribution < -0.4 is 32.3 Å². The molecule has 5 aliphatic heterocycles. The van der Waals surface area contributed by atoms with E-state index < -0.39 is 145 Å². The molecule has 41 heteroatoms. The fourth-order valence-corrected chi connectivity index (χ4v) is 17.9. The van der Waals surface area contributed by atoms with Crippen LogP contribution in [0.3, 0.4) is 0 Å². The van der Waals surface area contributed by atoms with Crippen molar-refractivity contribution in [2.24, 2.45) is 5.73 Å². The van der Waals surface area contributed by atoms with Gasteiger partial charge in [-0.25, -0.2) is 39.5 Å². The predicted octanol–water partition coefficient (Wildman–Crippen LogP) is 2.37. The number of carbonyl (C=O) groups is 8. The summed E-state index contributed by atoms with van der Waals surface area (Å²) in [6.45, 7) is 7.98. The zero-order valence-corrected chi connectivity index (χ0v) is 64.2. The summed E-state index contributed by atoms with van der Waals surface area (Å²) in [4.78, 5) is 151. The number of benzene rings is 1. The first-order chi connectivity index (χ1) is 52.7. The number of thiazole rings is 5. The smallest absolute Gasteiger partial charge is 0.358 e. The van der Waals surface area contributed by atoms with Gasteiger partial charge in [-0.2, -0.15) is 4.73 Å². The third-order valence-electron chi connectivity index (χ3n) is 19.1. The highest BCUT2D eigenvalue weighted by molar-refractivity contribution is 7.14. The number of carbonyl (C=O) groups excluding carboxylic acids is 8. The Bertz CT molecular complexity index is 4870. The third kappa shape index (κ3) is 16.6. The molecule has 110 heavy (non-hydrogen) atoms. The number of amides is 6. The second-order valence-corrected chi connectivity index (χ2v) is 31.3. The van der Waals surface area contributed by atoms with Crippen LogP contribution in [0.2, 0.25) is 0 Å². The maximum Gasteiger partial charge on any atom is 0.358 e. The summed E-state index contributed by atoms with van der Waals surface area (Å²) in [6, 6.07) is -0.512. The molecular weight excluding hydrogens is 1530 g/mol. The summed E-state index contributed by atoms with van der Waals surface area (Å²) in [5.74, 6) is -7.98. The lowest BCUT2D eigenvalue weighted by atomic mass is 9.85. The number of likely N-dealkylation sites (N-methyl/N-ethyl adjacent to an activating group) is 1. The van der Waals surface area contributed by atoms with Gasteiger partial charge in [0.2, 0.25) is 11.8 Å². The van der Waals surface area contributed by atoms with E-state index in [1.54, 1.807) is 45.0 Å². The number of nitrogens with zero attached hydrogens (tertiary/aromatic N) is 10. The van der Waals surface area contributed by atoms with Crippen molar-refractivity contribution in [2.45, 2.75) is 114 Å². The molecule has 1 aromatic carbocycles. The highest BCUT2D eigenvalue weighted by Gasteiger charge is 2.50. The minimum Gasteiger partial charge on any atom is -0.506 e. The zero-order valence-electron chi connectivity index (χ0n) is 60.1. The number of allylic oxidation sites excluding steroid dienone is 1. The Balaban J connectivity index is 0.922. The number of ether oxygens (including phenoxy) is 7. The van der Waals surface area contributed by atoms with Crippen LogP contribution in [0.1, 0.15) is 125 Å². The molecule has 12 heterocycles. The van der Waals surface area contributed by atoms with E-state index in [2.05, 4.69) is 46.4 Å². The minimum absolute atomic E-state index is 0.00593. The van der Waals surface area contributed by atoms with Crippen LogP contribution in [-0.2, 0) is 60.8 Å². The number of aromatic hydroxyl groups is 1. The van der Waals surface area contributed by atoms with Gasteiger partial charge in [0.25, 0.3) is 23.6 Å². The number of hydrogen-bond donors (Lipinski definition) is 11. The quantitative estimate of drug-likeness (QED) is 0.0286. The number of nitrogens with one attached hydrogen (secondary N) is 5. The molecule has 8 aromatic rings. The van der Waals surface area contributed by atoms with Crippen molar-refractivity contribution in [3.05, 3.63) is 112 Å². The Morgan fingerprint density at radius 2 is 1.50 bits per heavy atom. The molecule has 2 fully saturated rings. The van der Waals surface area contributed by atoms with Crippen molar-refractivity contribution in [1.29, 1.82) is 0 Å². The molecule has 584 valence electrons.